The summed E-state index contributed by atoms with van der Waals surface area (Å²) < 4.78 is 2.36. The van der Waals surface area contributed by atoms with E-state index in [0.717, 1.165) is 19.4 Å². The molecule has 3 aromatic rings. The zero-order chi connectivity index (χ0) is 18.6. The zero-order valence-corrected chi connectivity index (χ0v) is 16.6. The predicted octanol–water partition coefficient (Wildman–Crippen LogP) is 5.52. The highest BCUT2D eigenvalue weighted by molar-refractivity contribution is 7.13. The van der Waals surface area contributed by atoms with Gasteiger partial charge in [0.15, 0.2) is 0 Å². The number of thiophene rings is 1. The smallest absolute Gasteiger partial charge is 0.315 e. The van der Waals surface area contributed by atoms with E-state index in [4.69, 9.17) is 0 Å². The number of hydrogen-bond donors (Lipinski definition) is 2. The minimum atomic E-state index is -0.0487. The maximum atomic E-state index is 12.5. The molecule has 1 saturated carbocycles. The van der Waals surface area contributed by atoms with Crippen molar-refractivity contribution in [3.63, 3.8) is 0 Å². The number of urea groups is 1. The van der Waals surface area contributed by atoms with E-state index in [-0.39, 0.29) is 6.03 Å². The van der Waals surface area contributed by atoms with Gasteiger partial charge in [0, 0.05) is 35.6 Å². The molecule has 0 spiro atoms. The van der Waals surface area contributed by atoms with Crippen LogP contribution in [0.4, 0.5) is 4.79 Å². The van der Waals surface area contributed by atoms with E-state index in [2.05, 4.69) is 63.9 Å². The Kier molecular flexibility index (Phi) is 5.48. The molecule has 2 N–H and O–H groups in total. The van der Waals surface area contributed by atoms with Gasteiger partial charge in [0.2, 0.25) is 0 Å². The Balaban J connectivity index is 1.60. The number of aromatic nitrogens is 1. The van der Waals surface area contributed by atoms with E-state index in [1.54, 1.807) is 11.3 Å². The summed E-state index contributed by atoms with van der Waals surface area (Å²) in [4.78, 5) is 13.7. The molecule has 1 fully saturated rings. The summed E-state index contributed by atoms with van der Waals surface area (Å²) in [6.45, 7) is 3.62. The molecule has 4 nitrogen and oxygen atoms in total. The van der Waals surface area contributed by atoms with Gasteiger partial charge in [-0.3, -0.25) is 0 Å². The highest BCUT2D eigenvalue weighted by atomic mass is 32.1. The average Bonchev–Trinajstić information content (AvgIpc) is 3.33. The number of nitrogens with zero attached hydrogens (tertiary/aromatic N) is 1. The molecule has 1 aromatic carbocycles. The van der Waals surface area contributed by atoms with Crippen molar-refractivity contribution in [1.29, 1.82) is 0 Å². The fraction of sp³-hybridized carbons (Fsp3) is 0.409. The minimum absolute atomic E-state index is 0.0487. The molecule has 4 rings (SSSR count). The van der Waals surface area contributed by atoms with Crippen molar-refractivity contribution in [2.45, 2.75) is 58.2 Å². The number of nitrogens with one attached hydrogen (secondary N) is 2. The summed E-state index contributed by atoms with van der Waals surface area (Å²) in [6.07, 6.45) is 5.93. The van der Waals surface area contributed by atoms with Crippen LogP contribution in [-0.4, -0.2) is 16.6 Å². The Morgan fingerprint density at radius 2 is 1.96 bits per heavy atom. The minimum Gasteiger partial charge on any atom is -0.340 e. The highest BCUT2D eigenvalue weighted by Crippen LogP contribution is 2.36. The normalized spacial score (nSPS) is 15.1. The molecule has 0 atom stereocenters. The second-order valence-corrected chi connectivity index (χ2v) is 8.18. The molecule has 2 heterocycles. The lowest BCUT2D eigenvalue weighted by Crippen LogP contribution is -2.42. The lowest BCUT2D eigenvalue weighted by Gasteiger charge is -2.23. The molecule has 2 aromatic heterocycles. The summed E-state index contributed by atoms with van der Waals surface area (Å²) in [7, 11) is 0. The van der Waals surface area contributed by atoms with Crippen LogP contribution in [0.5, 0.6) is 0 Å². The number of carbonyl (C=O) groups excluding carboxylic acids is 1. The standard InChI is InChI=1S/C22H27N3OS/c1-2-25-19-12-7-6-11-17(19)18(21(25)20-13-8-14-27-20)15-23-22(26)24-16-9-4-3-5-10-16/h6-8,11-14,16H,2-5,9-10,15H2,1H3,(H2,23,24,26). The Morgan fingerprint density at radius 3 is 2.70 bits per heavy atom. The van der Waals surface area contributed by atoms with E-state index >= 15 is 0 Å². The first-order valence-corrected chi connectivity index (χ1v) is 10.8. The van der Waals surface area contributed by atoms with Crippen LogP contribution >= 0.6 is 11.3 Å². The summed E-state index contributed by atoms with van der Waals surface area (Å²) in [5, 5.41) is 9.61. The SMILES string of the molecule is CCn1c(-c2cccs2)c(CNC(=O)NC2CCCCC2)c2ccccc21. The molecular weight excluding hydrogens is 354 g/mol. The van der Waals surface area contributed by atoms with Crippen LogP contribution in [0.25, 0.3) is 21.5 Å². The van der Waals surface area contributed by atoms with Crippen molar-refractivity contribution in [3.8, 4) is 10.6 Å². The predicted molar refractivity (Wildman–Crippen MR) is 113 cm³/mol. The molecule has 1 aliphatic carbocycles. The van der Waals surface area contributed by atoms with Gasteiger partial charge in [-0.05, 0) is 37.3 Å². The van der Waals surface area contributed by atoms with Gasteiger partial charge in [-0.25, -0.2) is 4.79 Å². The quantitative estimate of drug-likeness (QED) is 0.600. The molecule has 1 aliphatic rings. The maximum Gasteiger partial charge on any atom is 0.315 e. The van der Waals surface area contributed by atoms with Crippen LogP contribution in [0.15, 0.2) is 41.8 Å². The van der Waals surface area contributed by atoms with Crippen molar-refractivity contribution in [2.24, 2.45) is 0 Å². The Hall–Kier alpha value is -2.27. The van der Waals surface area contributed by atoms with Gasteiger partial charge in [-0.2, -0.15) is 0 Å². The maximum absolute atomic E-state index is 12.5. The van der Waals surface area contributed by atoms with E-state index < -0.39 is 0 Å². The largest absolute Gasteiger partial charge is 0.340 e. The number of benzene rings is 1. The fourth-order valence-electron chi connectivity index (χ4n) is 4.23. The Labute approximate surface area is 164 Å². The molecule has 0 aliphatic heterocycles. The van der Waals surface area contributed by atoms with Crippen LogP contribution < -0.4 is 10.6 Å². The monoisotopic (exact) mass is 381 g/mol. The van der Waals surface area contributed by atoms with Crippen molar-refractivity contribution in [3.05, 3.63) is 47.3 Å². The number of para-hydroxylation sites is 1. The second kappa shape index (κ2) is 8.17. The number of aryl methyl sites for hydroxylation is 1. The molecule has 0 saturated heterocycles. The topological polar surface area (TPSA) is 46.1 Å². The second-order valence-electron chi connectivity index (χ2n) is 7.23. The molecule has 0 radical (unpaired) electrons. The summed E-state index contributed by atoms with van der Waals surface area (Å²) >= 11 is 1.75. The van der Waals surface area contributed by atoms with E-state index in [0.29, 0.717) is 12.6 Å². The summed E-state index contributed by atoms with van der Waals surface area (Å²) in [5.41, 5.74) is 3.66. The van der Waals surface area contributed by atoms with Crippen molar-refractivity contribution in [1.82, 2.24) is 15.2 Å². The van der Waals surface area contributed by atoms with Crippen molar-refractivity contribution >= 4 is 28.3 Å². The van der Waals surface area contributed by atoms with Gasteiger partial charge in [0.1, 0.15) is 0 Å². The molecular formula is C22H27N3OS. The van der Waals surface area contributed by atoms with Gasteiger partial charge in [-0.15, -0.1) is 11.3 Å². The first kappa shape index (κ1) is 18.1. The molecule has 5 heteroatoms. The lowest BCUT2D eigenvalue weighted by atomic mass is 9.96. The lowest BCUT2D eigenvalue weighted by molar-refractivity contribution is 0.232. The van der Waals surface area contributed by atoms with Crippen LogP contribution in [0.1, 0.15) is 44.6 Å². The highest BCUT2D eigenvalue weighted by Gasteiger charge is 2.20. The molecule has 27 heavy (non-hydrogen) atoms. The molecule has 0 unspecified atom stereocenters. The van der Waals surface area contributed by atoms with Gasteiger partial charge < -0.3 is 15.2 Å². The van der Waals surface area contributed by atoms with Crippen LogP contribution in [-0.2, 0) is 13.1 Å². The fourth-order valence-corrected chi connectivity index (χ4v) is 5.04. The number of carbonyl (C=O) groups is 1. The van der Waals surface area contributed by atoms with Crippen molar-refractivity contribution < 1.29 is 4.79 Å². The number of fused-ring (bicyclic) bond motifs is 1. The number of amides is 2. The van der Waals surface area contributed by atoms with E-state index in [9.17, 15) is 4.79 Å². The van der Waals surface area contributed by atoms with Crippen LogP contribution in [0.3, 0.4) is 0 Å². The zero-order valence-electron chi connectivity index (χ0n) is 15.8. The Bertz CT molecular complexity index is 907. The number of hydrogen-bond acceptors (Lipinski definition) is 2. The summed E-state index contributed by atoms with van der Waals surface area (Å²) in [5.74, 6) is 0. The third kappa shape index (κ3) is 3.74. The first-order chi connectivity index (χ1) is 13.3. The average molecular weight is 382 g/mol. The van der Waals surface area contributed by atoms with Crippen molar-refractivity contribution in [2.75, 3.05) is 0 Å². The third-order valence-corrected chi connectivity index (χ3v) is 6.39. The van der Waals surface area contributed by atoms with Gasteiger partial charge in [0.05, 0.1) is 10.6 Å². The number of rotatable bonds is 5. The Morgan fingerprint density at radius 1 is 1.15 bits per heavy atom. The molecule has 142 valence electrons. The summed E-state index contributed by atoms with van der Waals surface area (Å²) in [6, 6.07) is 13.0. The van der Waals surface area contributed by atoms with E-state index in [1.807, 2.05) is 0 Å². The molecule has 2 amide bonds. The van der Waals surface area contributed by atoms with Crippen LogP contribution in [0.2, 0.25) is 0 Å². The van der Waals surface area contributed by atoms with Gasteiger partial charge >= 0.3 is 6.03 Å². The van der Waals surface area contributed by atoms with Gasteiger partial charge in [-0.1, -0.05) is 43.5 Å². The molecule has 0 bridgehead atoms. The third-order valence-electron chi connectivity index (χ3n) is 5.51. The van der Waals surface area contributed by atoms with Crippen LogP contribution in [0, 0.1) is 0 Å². The van der Waals surface area contributed by atoms with Gasteiger partial charge in [0.25, 0.3) is 0 Å². The first-order valence-electron chi connectivity index (χ1n) is 9.96. The van der Waals surface area contributed by atoms with E-state index in [1.165, 1.54) is 46.3 Å².